The average Bonchev–Trinajstić information content (AvgIpc) is 2.48. The van der Waals surface area contributed by atoms with Crippen molar-refractivity contribution in [1.82, 2.24) is 0 Å². The Morgan fingerprint density at radius 1 is 1.22 bits per heavy atom. The molecule has 98 valence electrons. The molecule has 2 rings (SSSR count). The Balaban J connectivity index is 2.30. The van der Waals surface area contributed by atoms with E-state index in [0.717, 1.165) is 5.69 Å². The first kappa shape index (κ1) is 13.1. The highest BCUT2D eigenvalue weighted by Crippen LogP contribution is 2.34. The minimum atomic E-state index is -1.15. The molecular formula is C14H19NO3. The van der Waals surface area contributed by atoms with Gasteiger partial charge in [0.25, 0.3) is 0 Å². The molecule has 4 nitrogen and oxygen atoms in total. The van der Waals surface area contributed by atoms with Gasteiger partial charge in [-0.1, -0.05) is 12.1 Å². The number of aliphatic hydroxyl groups is 2. The standard InChI is InChI=1S/C14H19NO3/c1-10(16)11-5-4-6-12(7-11)15-8-13(2,17)14(3,18)9-15/h4-7,17-18H,8-9H2,1-3H3. The molecule has 1 saturated heterocycles. The van der Waals surface area contributed by atoms with E-state index in [-0.39, 0.29) is 5.78 Å². The van der Waals surface area contributed by atoms with Crippen LogP contribution in [0.4, 0.5) is 5.69 Å². The molecule has 0 radical (unpaired) electrons. The number of Topliss-reactive ketones (excluding diaryl/α,β-unsaturated/α-hetero) is 1. The minimum absolute atomic E-state index is 0.00886. The van der Waals surface area contributed by atoms with Crippen LogP contribution >= 0.6 is 0 Å². The molecule has 0 aliphatic carbocycles. The zero-order valence-electron chi connectivity index (χ0n) is 11.0. The summed E-state index contributed by atoms with van der Waals surface area (Å²) in [4.78, 5) is 13.2. The maximum Gasteiger partial charge on any atom is 0.159 e. The fourth-order valence-electron chi connectivity index (χ4n) is 2.24. The third kappa shape index (κ3) is 2.13. The first-order chi connectivity index (χ1) is 8.23. The molecule has 1 heterocycles. The summed E-state index contributed by atoms with van der Waals surface area (Å²) in [7, 11) is 0. The van der Waals surface area contributed by atoms with Gasteiger partial charge in [-0.15, -0.1) is 0 Å². The quantitative estimate of drug-likeness (QED) is 0.773. The normalized spacial score (nSPS) is 31.7. The molecule has 1 aromatic rings. The molecular weight excluding hydrogens is 230 g/mol. The topological polar surface area (TPSA) is 60.8 Å². The van der Waals surface area contributed by atoms with Gasteiger partial charge in [-0.3, -0.25) is 4.79 Å². The molecule has 0 saturated carbocycles. The molecule has 18 heavy (non-hydrogen) atoms. The van der Waals surface area contributed by atoms with E-state index >= 15 is 0 Å². The van der Waals surface area contributed by atoms with Crippen LogP contribution in [0.1, 0.15) is 31.1 Å². The number of β-amino-alcohol motifs (C(OH)–C–C–N with tert-alkyl or cyclic N) is 2. The molecule has 0 spiro atoms. The van der Waals surface area contributed by atoms with E-state index in [2.05, 4.69) is 0 Å². The first-order valence-electron chi connectivity index (χ1n) is 6.04. The van der Waals surface area contributed by atoms with Crippen molar-refractivity contribution in [2.45, 2.75) is 32.0 Å². The maximum atomic E-state index is 11.3. The molecule has 2 unspecified atom stereocenters. The van der Waals surface area contributed by atoms with Gasteiger partial charge < -0.3 is 15.1 Å². The number of benzene rings is 1. The third-order valence-corrected chi connectivity index (χ3v) is 3.78. The zero-order valence-corrected chi connectivity index (χ0v) is 11.0. The van der Waals surface area contributed by atoms with Crippen LogP contribution in [0.15, 0.2) is 24.3 Å². The van der Waals surface area contributed by atoms with Crippen LogP contribution in [0.5, 0.6) is 0 Å². The Morgan fingerprint density at radius 2 is 1.78 bits per heavy atom. The van der Waals surface area contributed by atoms with Gasteiger partial charge in [0.2, 0.25) is 0 Å². The van der Waals surface area contributed by atoms with E-state index in [1.807, 2.05) is 17.0 Å². The molecule has 0 aromatic heterocycles. The van der Waals surface area contributed by atoms with E-state index in [4.69, 9.17) is 0 Å². The van der Waals surface area contributed by atoms with E-state index in [1.54, 1.807) is 26.0 Å². The SMILES string of the molecule is CC(=O)c1cccc(N2CC(C)(O)C(C)(O)C2)c1. The second-order valence-electron chi connectivity index (χ2n) is 5.51. The van der Waals surface area contributed by atoms with Crippen LogP contribution < -0.4 is 4.90 Å². The van der Waals surface area contributed by atoms with Crippen molar-refractivity contribution < 1.29 is 15.0 Å². The largest absolute Gasteiger partial charge is 0.385 e. The van der Waals surface area contributed by atoms with Crippen molar-refractivity contribution >= 4 is 11.5 Å². The lowest BCUT2D eigenvalue weighted by Gasteiger charge is -2.29. The maximum absolute atomic E-state index is 11.3. The lowest BCUT2D eigenvalue weighted by molar-refractivity contribution is -0.0935. The molecule has 1 aliphatic heterocycles. The fourth-order valence-corrected chi connectivity index (χ4v) is 2.24. The van der Waals surface area contributed by atoms with Crippen molar-refractivity contribution in [3.8, 4) is 0 Å². The Bertz CT molecular complexity index is 464. The second-order valence-corrected chi connectivity index (χ2v) is 5.51. The summed E-state index contributed by atoms with van der Waals surface area (Å²) in [5, 5.41) is 20.3. The number of rotatable bonds is 2. The molecule has 1 aromatic carbocycles. The molecule has 0 bridgehead atoms. The molecule has 2 N–H and O–H groups in total. The summed E-state index contributed by atoms with van der Waals surface area (Å²) >= 11 is 0. The Hall–Kier alpha value is -1.39. The number of nitrogens with zero attached hydrogens (tertiary/aromatic N) is 1. The van der Waals surface area contributed by atoms with Gasteiger partial charge in [-0.25, -0.2) is 0 Å². The molecule has 1 aliphatic rings. The highest BCUT2D eigenvalue weighted by molar-refractivity contribution is 5.95. The summed E-state index contributed by atoms with van der Waals surface area (Å²) in [5.41, 5.74) is -0.821. The highest BCUT2D eigenvalue weighted by atomic mass is 16.4. The molecule has 1 fully saturated rings. The highest BCUT2D eigenvalue weighted by Gasteiger charge is 2.50. The number of carbonyl (C=O) groups excluding carboxylic acids is 1. The molecule has 2 atom stereocenters. The lowest BCUT2D eigenvalue weighted by Crippen LogP contribution is -2.48. The van der Waals surface area contributed by atoms with Crippen molar-refractivity contribution in [1.29, 1.82) is 0 Å². The fraction of sp³-hybridized carbons (Fsp3) is 0.500. The van der Waals surface area contributed by atoms with Crippen molar-refractivity contribution in [3.05, 3.63) is 29.8 Å². The number of carbonyl (C=O) groups is 1. The van der Waals surface area contributed by atoms with Gasteiger partial charge in [-0.05, 0) is 32.9 Å². The van der Waals surface area contributed by atoms with Crippen molar-refractivity contribution in [2.75, 3.05) is 18.0 Å². The van der Waals surface area contributed by atoms with Crippen LogP contribution in [-0.2, 0) is 0 Å². The van der Waals surface area contributed by atoms with E-state index in [0.29, 0.717) is 18.7 Å². The predicted octanol–water partition coefficient (Wildman–Crippen LogP) is 1.21. The second kappa shape index (κ2) is 4.07. The van der Waals surface area contributed by atoms with Gasteiger partial charge in [0.15, 0.2) is 5.78 Å². The van der Waals surface area contributed by atoms with Crippen molar-refractivity contribution in [3.63, 3.8) is 0 Å². The monoisotopic (exact) mass is 249 g/mol. The number of ketones is 1. The average molecular weight is 249 g/mol. The summed E-state index contributed by atoms with van der Waals surface area (Å²) in [5.74, 6) is 0.00886. The van der Waals surface area contributed by atoms with Gasteiger partial charge in [0, 0.05) is 24.3 Å². The van der Waals surface area contributed by atoms with E-state index in [1.165, 1.54) is 6.92 Å². The number of hydrogen-bond donors (Lipinski definition) is 2. The van der Waals surface area contributed by atoms with Crippen LogP contribution in [0.2, 0.25) is 0 Å². The van der Waals surface area contributed by atoms with Gasteiger partial charge >= 0.3 is 0 Å². The van der Waals surface area contributed by atoms with Crippen LogP contribution in [0.25, 0.3) is 0 Å². The summed E-state index contributed by atoms with van der Waals surface area (Å²) in [6, 6.07) is 7.25. The van der Waals surface area contributed by atoms with Crippen LogP contribution in [0.3, 0.4) is 0 Å². The summed E-state index contributed by atoms with van der Waals surface area (Å²) < 4.78 is 0. The Morgan fingerprint density at radius 3 is 2.28 bits per heavy atom. The van der Waals surface area contributed by atoms with Crippen LogP contribution in [-0.4, -0.2) is 40.3 Å². The Kier molecular flexibility index (Phi) is 2.95. The van der Waals surface area contributed by atoms with Gasteiger partial charge in [0.05, 0.1) is 0 Å². The third-order valence-electron chi connectivity index (χ3n) is 3.78. The predicted molar refractivity (Wildman–Crippen MR) is 69.9 cm³/mol. The summed E-state index contributed by atoms with van der Waals surface area (Å²) in [6.07, 6.45) is 0. The first-order valence-corrected chi connectivity index (χ1v) is 6.04. The molecule has 0 amide bonds. The lowest BCUT2D eigenvalue weighted by atomic mass is 9.90. The van der Waals surface area contributed by atoms with E-state index in [9.17, 15) is 15.0 Å². The van der Waals surface area contributed by atoms with Gasteiger partial charge in [0.1, 0.15) is 11.2 Å². The summed E-state index contributed by atoms with van der Waals surface area (Å²) in [6.45, 7) is 5.47. The van der Waals surface area contributed by atoms with Gasteiger partial charge in [-0.2, -0.15) is 0 Å². The number of anilines is 1. The Labute approximate surface area is 107 Å². The smallest absolute Gasteiger partial charge is 0.159 e. The number of hydrogen-bond acceptors (Lipinski definition) is 4. The van der Waals surface area contributed by atoms with Crippen molar-refractivity contribution in [2.24, 2.45) is 0 Å². The zero-order chi connectivity index (χ0) is 13.6. The molecule has 4 heteroatoms. The van der Waals surface area contributed by atoms with Crippen LogP contribution in [0, 0.1) is 0 Å². The van der Waals surface area contributed by atoms with E-state index < -0.39 is 11.2 Å². The minimum Gasteiger partial charge on any atom is -0.385 e.